The summed E-state index contributed by atoms with van der Waals surface area (Å²) in [5, 5.41) is 17.6. The fraction of sp³-hybridized carbons (Fsp3) is 0.750. The molecule has 0 aromatic carbocycles. The van der Waals surface area contributed by atoms with E-state index >= 15 is 0 Å². The Morgan fingerprint density at radius 3 is 2.43 bits per heavy atom. The van der Waals surface area contributed by atoms with Crippen molar-refractivity contribution in [1.29, 1.82) is 0 Å². The van der Waals surface area contributed by atoms with Crippen molar-refractivity contribution in [2.75, 3.05) is 6.54 Å². The molecule has 0 aromatic rings. The summed E-state index contributed by atoms with van der Waals surface area (Å²) in [6, 6.07) is -0.345. The lowest BCUT2D eigenvalue weighted by atomic mass is 9.85. The maximum absolute atomic E-state index is 10.8. The zero-order chi connectivity index (χ0) is 10.9. The number of carboxylic acid groups (broad SMARTS) is 2. The van der Waals surface area contributed by atoms with E-state index in [1.807, 2.05) is 0 Å². The van der Waals surface area contributed by atoms with Crippen molar-refractivity contribution in [3.8, 4) is 0 Å². The molecule has 0 unspecified atom stereocenters. The van der Waals surface area contributed by atoms with Gasteiger partial charge in [-0.3, -0.25) is 4.79 Å². The Kier molecular flexibility index (Phi) is 2.66. The fourth-order valence-electron chi connectivity index (χ4n) is 1.76. The van der Waals surface area contributed by atoms with Gasteiger partial charge in [0.05, 0.1) is 0 Å². The first kappa shape index (κ1) is 10.8. The second-order valence-corrected chi connectivity index (χ2v) is 3.74. The molecule has 0 saturated carbocycles. The number of hydrogen-bond donors (Lipinski definition) is 3. The Hall–Kier alpha value is -1.30. The van der Waals surface area contributed by atoms with Gasteiger partial charge >= 0.3 is 12.1 Å². The average molecular weight is 202 g/mol. The molecule has 0 aliphatic carbocycles. The molecule has 1 heterocycles. The SMILES string of the molecule is C[C@H]1C[C@@](N)(C(=O)O)CCN1C(=O)O. The molecule has 2 atom stereocenters. The molecular weight excluding hydrogens is 188 g/mol. The van der Waals surface area contributed by atoms with Crippen molar-refractivity contribution in [3.05, 3.63) is 0 Å². The van der Waals surface area contributed by atoms with Crippen LogP contribution in [-0.2, 0) is 4.79 Å². The highest BCUT2D eigenvalue weighted by atomic mass is 16.4. The molecule has 1 saturated heterocycles. The van der Waals surface area contributed by atoms with Gasteiger partial charge in [-0.25, -0.2) is 4.79 Å². The summed E-state index contributed by atoms with van der Waals surface area (Å²) in [6.45, 7) is 1.84. The number of piperidine rings is 1. The standard InChI is InChI=1S/C8H14N2O4/c1-5-4-8(9,6(11)12)2-3-10(5)7(13)14/h5H,2-4,9H2,1H3,(H,11,12)(H,13,14)/t5-,8+/m0/s1. The molecule has 1 aliphatic rings. The van der Waals surface area contributed by atoms with Gasteiger partial charge in [-0.15, -0.1) is 0 Å². The fourth-order valence-corrected chi connectivity index (χ4v) is 1.76. The van der Waals surface area contributed by atoms with Gasteiger partial charge in [0, 0.05) is 12.6 Å². The van der Waals surface area contributed by atoms with Crippen molar-refractivity contribution in [3.63, 3.8) is 0 Å². The number of nitrogens with zero attached hydrogens (tertiary/aromatic N) is 1. The zero-order valence-corrected chi connectivity index (χ0v) is 7.93. The quantitative estimate of drug-likeness (QED) is 0.552. The van der Waals surface area contributed by atoms with Gasteiger partial charge in [-0.05, 0) is 19.8 Å². The molecule has 4 N–H and O–H groups in total. The zero-order valence-electron chi connectivity index (χ0n) is 7.93. The maximum atomic E-state index is 10.8. The molecule has 0 bridgehead atoms. The Balaban J connectivity index is 2.72. The second kappa shape index (κ2) is 3.45. The third-order valence-corrected chi connectivity index (χ3v) is 2.66. The molecule has 0 radical (unpaired) electrons. The van der Waals surface area contributed by atoms with Gasteiger partial charge in [-0.2, -0.15) is 0 Å². The molecule has 6 heteroatoms. The van der Waals surface area contributed by atoms with E-state index in [2.05, 4.69) is 0 Å². The molecule has 1 aliphatic heterocycles. The number of likely N-dealkylation sites (tertiary alicyclic amines) is 1. The average Bonchev–Trinajstić information content (AvgIpc) is 2.02. The van der Waals surface area contributed by atoms with Crippen LogP contribution in [0.4, 0.5) is 4.79 Å². The molecule has 80 valence electrons. The van der Waals surface area contributed by atoms with Crippen LogP contribution in [-0.4, -0.2) is 45.3 Å². The van der Waals surface area contributed by atoms with E-state index in [1.165, 1.54) is 4.90 Å². The van der Waals surface area contributed by atoms with Gasteiger partial charge in [0.25, 0.3) is 0 Å². The molecule has 1 rings (SSSR count). The lowest BCUT2D eigenvalue weighted by Crippen LogP contribution is -2.59. The van der Waals surface area contributed by atoms with E-state index in [1.54, 1.807) is 6.92 Å². The molecular formula is C8H14N2O4. The topological polar surface area (TPSA) is 104 Å². The summed E-state index contributed by atoms with van der Waals surface area (Å²) >= 11 is 0. The monoisotopic (exact) mass is 202 g/mol. The Morgan fingerprint density at radius 1 is 1.50 bits per heavy atom. The van der Waals surface area contributed by atoms with E-state index in [-0.39, 0.29) is 25.4 Å². The van der Waals surface area contributed by atoms with Gasteiger partial charge in [0.1, 0.15) is 5.54 Å². The summed E-state index contributed by atoms with van der Waals surface area (Å²) in [5.41, 5.74) is 4.36. The van der Waals surface area contributed by atoms with Crippen LogP contribution >= 0.6 is 0 Å². The number of amides is 1. The smallest absolute Gasteiger partial charge is 0.407 e. The van der Waals surface area contributed by atoms with Crippen LogP contribution in [0, 0.1) is 0 Å². The summed E-state index contributed by atoms with van der Waals surface area (Å²) in [6.07, 6.45) is -0.696. The summed E-state index contributed by atoms with van der Waals surface area (Å²) in [5.74, 6) is -1.06. The molecule has 14 heavy (non-hydrogen) atoms. The molecule has 1 amide bonds. The third-order valence-electron chi connectivity index (χ3n) is 2.66. The first-order valence-corrected chi connectivity index (χ1v) is 4.38. The van der Waals surface area contributed by atoms with Crippen molar-refractivity contribution in [2.45, 2.75) is 31.3 Å². The first-order chi connectivity index (χ1) is 6.37. The summed E-state index contributed by atoms with van der Waals surface area (Å²) in [7, 11) is 0. The van der Waals surface area contributed by atoms with Crippen molar-refractivity contribution in [1.82, 2.24) is 4.90 Å². The lowest BCUT2D eigenvalue weighted by molar-refractivity contribution is -0.145. The third kappa shape index (κ3) is 1.79. The van der Waals surface area contributed by atoms with Crippen molar-refractivity contribution < 1.29 is 19.8 Å². The van der Waals surface area contributed by atoms with Crippen molar-refractivity contribution >= 4 is 12.1 Å². The molecule has 1 fully saturated rings. The largest absolute Gasteiger partial charge is 0.480 e. The van der Waals surface area contributed by atoms with E-state index in [4.69, 9.17) is 15.9 Å². The minimum Gasteiger partial charge on any atom is -0.480 e. The Bertz CT molecular complexity index is 268. The highest BCUT2D eigenvalue weighted by Gasteiger charge is 2.42. The number of aliphatic carboxylic acids is 1. The van der Waals surface area contributed by atoms with E-state index < -0.39 is 17.6 Å². The van der Waals surface area contributed by atoms with Gasteiger partial charge in [0.2, 0.25) is 0 Å². The van der Waals surface area contributed by atoms with Crippen LogP contribution in [0.5, 0.6) is 0 Å². The number of rotatable bonds is 1. The second-order valence-electron chi connectivity index (χ2n) is 3.74. The van der Waals surface area contributed by atoms with Crippen LogP contribution < -0.4 is 5.73 Å². The molecule has 0 spiro atoms. The van der Waals surface area contributed by atoms with E-state index in [9.17, 15) is 9.59 Å². The Morgan fingerprint density at radius 2 is 2.07 bits per heavy atom. The Labute approximate surface area is 81.3 Å². The summed E-state index contributed by atoms with van der Waals surface area (Å²) < 4.78 is 0. The number of carbonyl (C=O) groups is 2. The normalized spacial score (nSPS) is 32.7. The van der Waals surface area contributed by atoms with Crippen LogP contribution in [0.1, 0.15) is 19.8 Å². The predicted molar refractivity (Wildman–Crippen MR) is 48.0 cm³/mol. The van der Waals surface area contributed by atoms with Crippen LogP contribution in [0.15, 0.2) is 0 Å². The number of carboxylic acids is 1. The minimum atomic E-state index is -1.27. The van der Waals surface area contributed by atoms with Gasteiger partial charge in [0.15, 0.2) is 0 Å². The van der Waals surface area contributed by atoms with Crippen LogP contribution in [0.2, 0.25) is 0 Å². The van der Waals surface area contributed by atoms with E-state index in [0.29, 0.717) is 0 Å². The van der Waals surface area contributed by atoms with E-state index in [0.717, 1.165) is 0 Å². The first-order valence-electron chi connectivity index (χ1n) is 4.38. The van der Waals surface area contributed by atoms with Crippen LogP contribution in [0.3, 0.4) is 0 Å². The van der Waals surface area contributed by atoms with Crippen LogP contribution in [0.25, 0.3) is 0 Å². The van der Waals surface area contributed by atoms with Gasteiger partial charge in [-0.1, -0.05) is 0 Å². The minimum absolute atomic E-state index is 0.161. The number of nitrogens with two attached hydrogens (primary N) is 1. The summed E-state index contributed by atoms with van der Waals surface area (Å²) in [4.78, 5) is 22.7. The predicted octanol–water partition coefficient (Wildman–Crippen LogP) is -0.0692. The number of hydrogen-bond acceptors (Lipinski definition) is 3. The highest BCUT2D eigenvalue weighted by Crippen LogP contribution is 2.24. The lowest BCUT2D eigenvalue weighted by Gasteiger charge is -2.39. The molecule has 6 nitrogen and oxygen atoms in total. The van der Waals surface area contributed by atoms with Gasteiger partial charge < -0.3 is 20.8 Å². The van der Waals surface area contributed by atoms with Crippen molar-refractivity contribution in [2.24, 2.45) is 5.73 Å². The highest BCUT2D eigenvalue weighted by molar-refractivity contribution is 5.79. The maximum Gasteiger partial charge on any atom is 0.407 e. The molecule has 0 aromatic heterocycles.